The van der Waals surface area contributed by atoms with Gasteiger partial charge in [-0.15, -0.1) is 0 Å². The minimum atomic E-state index is 0.244. The fourth-order valence-electron chi connectivity index (χ4n) is 2.50. The van der Waals surface area contributed by atoms with Crippen LogP contribution in [0, 0.1) is 6.92 Å². The summed E-state index contributed by atoms with van der Waals surface area (Å²) >= 11 is 2.05. The fraction of sp³-hybridized carbons (Fsp3) is 0.538. The summed E-state index contributed by atoms with van der Waals surface area (Å²) in [6.45, 7) is 2.98. The summed E-state index contributed by atoms with van der Waals surface area (Å²) in [6.07, 6.45) is 2.55. The molecule has 1 fully saturated rings. The molecule has 1 heterocycles. The van der Waals surface area contributed by atoms with Crippen LogP contribution in [0.15, 0.2) is 24.3 Å². The Kier molecular flexibility index (Phi) is 3.37. The maximum atomic E-state index is 6.03. The third-order valence-electron chi connectivity index (χ3n) is 3.43. The Hall–Kier alpha value is -0.470. The molecule has 2 heteroatoms. The maximum absolute atomic E-state index is 6.03. The van der Waals surface area contributed by atoms with E-state index < -0.39 is 0 Å². The van der Waals surface area contributed by atoms with Gasteiger partial charge in [0.15, 0.2) is 0 Å². The second-order valence-corrected chi connectivity index (χ2v) is 5.56. The molecule has 82 valence electrons. The van der Waals surface area contributed by atoms with Crippen LogP contribution >= 0.6 is 11.8 Å². The standard InChI is InChI=1S/C13H19NS/c1-11-5-2-3-6-12(11)13(9-14)7-4-8-15-10-13/h2-3,5-6H,4,7-10,14H2,1H3. The lowest BCUT2D eigenvalue weighted by atomic mass is 9.76. The van der Waals surface area contributed by atoms with E-state index in [0.29, 0.717) is 0 Å². The monoisotopic (exact) mass is 221 g/mol. The summed E-state index contributed by atoms with van der Waals surface area (Å²) in [6, 6.07) is 8.71. The first kappa shape index (κ1) is 11.0. The van der Waals surface area contributed by atoms with Crippen molar-refractivity contribution >= 4 is 11.8 Å². The van der Waals surface area contributed by atoms with Gasteiger partial charge in [-0.25, -0.2) is 0 Å². The topological polar surface area (TPSA) is 26.0 Å². The number of aryl methyl sites for hydroxylation is 1. The molecule has 0 saturated carbocycles. The molecule has 0 spiro atoms. The van der Waals surface area contributed by atoms with E-state index in [2.05, 4.69) is 31.2 Å². The number of hydrogen-bond donors (Lipinski definition) is 1. The molecule has 1 aliphatic heterocycles. The Morgan fingerprint density at radius 1 is 1.40 bits per heavy atom. The van der Waals surface area contributed by atoms with Crippen molar-refractivity contribution in [2.75, 3.05) is 18.1 Å². The molecule has 0 aromatic heterocycles. The van der Waals surface area contributed by atoms with Crippen LogP contribution in [0.4, 0.5) is 0 Å². The van der Waals surface area contributed by atoms with Crippen LogP contribution in [0.1, 0.15) is 24.0 Å². The highest BCUT2D eigenvalue weighted by Gasteiger charge is 2.33. The molecule has 0 amide bonds. The Morgan fingerprint density at radius 2 is 2.20 bits per heavy atom. The average molecular weight is 221 g/mol. The molecule has 2 rings (SSSR count). The van der Waals surface area contributed by atoms with Gasteiger partial charge in [-0.3, -0.25) is 0 Å². The van der Waals surface area contributed by atoms with Crippen molar-refractivity contribution in [3.05, 3.63) is 35.4 Å². The molecule has 1 atom stereocenters. The fourth-order valence-corrected chi connectivity index (χ4v) is 3.80. The van der Waals surface area contributed by atoms with Gasteiger partial charge in [-0.05, 0) is 36.6 Å². The molecule has 2 N–H and O–H groups in total. The van der Waals surface area contributed by atoms with Crippen LogP contribution in [0.25, 0.3) is 0 Å². The van der Waals surface area contributed by atoms with Gasteiger partial charge in [0.2, 0.25) is 0 Å². The van der Waals surface area contributed by atoms with Gasteiger partial charge in [0, 0.05) is 17.7 Å². The lowest BCUT2D eigenvalue weighted by Crippen LogP contribution is -2.40. The summed E-state index contributed by atoms with van der Waals surface area (Å²) in [4.78, 5) is 0. The van der Waals surface area contributed by atoms with E-state index in [1.807, 2.05) is 11.8 Å². The Morgan fingerprint density at radius 3 is 2.80 bits per heavy atom. The Balaban J connectivity index is 2.36. The Labute approximate surface area is 96.4 Å². The average Bonchev–Trinajstić information content (AvgIpc) is 2.30. The molecule has 1 saturated heterocycles. The first-order valence-corrected chi connectivity index (χ1v) is 6.78. The predicted molar refractivity (Wildman–Crippen MR) is 68.5 cm³/mol. The maximum Gasteiger partial charge on any atom is 0.0169 e. The Bertz CT molecular complexity index is 329. The van der Waals surface area contributed by atoms with Gasteiger partial charge in [-0.1, -0.05) is 24.3 Å². The number of thioether (sulfide) groups is 1. The highest BCUT2D eigenvalue weighted by molar-refractivity contribution is 7.99. The van der Waals surface area contributed by atoms with Crippen LogP contribution in [-0.2, 0) is 5.41 Å². The van der Waals surface area contributed by atoms with E-state index in [1.165, 1.54) is 35.5 Å². The number of nitrogens with two attached hydrogens (primary N) is 1. The van der Waals surface area contributed by atoms with Gasteiger partial charge in [0.05, 0.1) is 0 Å². The van der Waals surface area contributed by atoms with Crippen LogP contribution in [0.3, 0.4) is 0 Å². The zero-order chi connectivity index (χ0) is 10.7. The van der Waals surface area contributed by atoms with Crippen LogP contribution in [0.5, 0.6) is 0 Å². The minimum absolute atomic E-state index is 0.244. The van der Waals surface area contributed by atoms with Gasteiger partial charge in [0.25, 0.3) is 0 Å². The second-order valence-electron chi connectivity index (χ2n) is 4.46. The molecule has 0 aliphatic carbocycles. The highest BCUT2D eigenvalue weighted by Crippen LogP contribution is 2.38. The molecule has 1 aliphatic rings. The van der Waals surface area contributed by atoms with Gasteiger partial charge < -0.3 is 5.73 Å². The predicted octanol–water partition coefficient (Wildman–Crippen LogP) is 2.72. The van der Waals surface area contributed by atoms with E-state index in [-0.39, 0.29) is 5.41 Å². The van der Waals surface area contributed by atoms with E-state index in [1.54, 1.807) is 0 Å². The van der Waals surface area contributed by atoms with Crippen molar-refractivity contribution in [3.63, 3.8) is 0 Å². The van der Waals surface area contributed by atoms with E-state index >= 15 is 0 Å². The van der Waals surface area contributed by atoms with Crippen molar-refractivity contribution in [2.45, 2.75) is 25.2 Å². The van der Waals surface area contributed by atoms with Crippen molar-refractivity contribution < 1.29 is 0 Å². The van der Waals surface area contributed by atoms with Crippen LogP contribution < -0.4 is 5.73 Å². The summed E-state index contributed by atoms with van der Waals surface area (Å²) in [7, 11) is 0. The number of benzene rings is 1. The molecular weight excluding hydrogens is 202 g/mol. The summed E-state index contributed by atoms with van der Waals surface area (Å²) in [5.74, 6) is 2.49. The quantitative estimate of drug-likeness (QED) is 0.831. The lowest BCUT2D eigenvalue weighted by Gasteiger charge is -2.37. The third-order valence-corrected chi connectivity index (χ3v) is 4.76. The molecular formula is C13H19NS. The molecule has 1 aromatic rings. The number of hydrogen-bond acceptors (Lipinski definition) is 2. The van der Waals surface area contributed by atoms with E-state index in [0.717, 1.165) is 6.54 Å². The first-order valence-electron chi connectivity index (χ1n) is 5.62. The SMILES string of the molecule is Cc1ccccc1C1(CN)CCCSC1. The van der Waals surface area contributed by atoms with Crippen molar-refractivity contribution in [2.24, 2.45) is 5.73 Å². The van der Waals surface area contributed by atoms with Crippen LogP contribution in [-0.4, -0.2) is 18.1 Å². The third kappa shape index (κ3) is 2.06. The summed E-state index contributed by atoms with van der Waals surface area (Å²) in [5.41, 5.74) is 9.14. The largest absolute Gasteiger partial charge is 0.330 e. The molecule has 0 bridgehead atoms. The normalized spacial score (nSPS) is 26.5. The highest BCUT2D eigenvalue weighted by atomic mass is 32.2. The minimum Gasteiger partial charge on any atom is -0.330 e. The van der Waals surface area contributed by atoms with Gasteiger partial charge in [-0.2, -0.15) is 11.8 Å². The van der Waals surface area contributed by atoms with Gasteiger partial charge >= 0.3 is 0 Å². The zero-order valence-electron chi connectivity index (χ0n) is 9.33. The molecule has 15 heavy (non-hydrogen) atoms. The lowest BCUT2D eigenvalue weighted by molar-refractivity contribution is 0.437. The van der Waals surface area contributed by atoms with Crippen LogP contribution in [0.2, 0.25) is 0 Å². The smallest absolute Gasteiger partial charge is 0.0169 e. The van der Waals surface area contributed by atoms with Crippen molar-refractivity contribution in [3.8, 4) is 0 Å². The molecule has 0 radical (unpaired) electrons. The molecule has 1 unspecified atom stereocenters. The first-order chi connectivity index (χ1) is 7.28. The van der Waals surface area contributed by atoms with Gasteiger partial charge in [0.1, 0.15) is 0 Å². The summed E-state index contributed by atoms with van der Waals surface area (Å²) < 4.78 is 0. The van der Waals surface area contributed by atoms with Crippen molar-refractivity contribution in [1.29, 1.82) is 0 Å². The zero-order valence-corrected chi connectivity index (χ0v) is 10.1. The molecule has 1 nitrogen and oxygen atoms in total. The van der Waals surface area contributed by atoms with E-state index in [4.69, 9.17) is 5.73 Å². The van der Waals surface area contributed by atoms with E-state index in [9.17, 15) is 0 Å². The number of rotatable bonds is 2. The summed E-state index contributed by atoms with van der Waals surface area (Å²) in [5, 5.41) is 0. The van der Waals surface area contributed by atoms with Crippen molar-refractivity contribution in [1.82, 2.24) is 0 Å². The second kappa shape index (κ2) is 4.58. The molecule has 1 aromatic carbocycles.